The lowest BCUT2D eigenvalue weighted by Gasteiger charge is -2.07. The summed E-state index contributed by atoms with van der Waals surface area (Å²) in [5, 5.41) is 0. The maximum atomic E-state index is 4.49. The number of hydrogen-bond donors (Lipinski definition) is 0. The van der Waals surface area contributed by atoms with E-state index in [1.807, 2.05) is 6.20 Å². The molecule has 0 aliphatic rings. The van der Waals surface area contributed by atoms with Crippen LogP contribution in [-0.4, -0.2) is 5.71 Å². The predicted octanol–water partition coefficient (Wildman–Crippen LogP) is 4.62. The SMILES string of the molecule is CCC(C)=N/C=C(\CC)c1ccccc1C. The minimum Gasteiger partial charge on any atom is -0.266 e. The first-order valence-electron chi connectivity index (χ1n) is 5.97. The van der Waals surface area contributed by atoms with E-state index in [4.69, 9.17) is 0 Å². The van der Waals surface area contributed by atoms with Crippen LogP contribution in [0.4, 0.5) is 0 Å². The van der Waals surface area contributed by atoms with Crippen molar-refractivity contribution in [2.75, 3.05) is 0 Å². The highest BCUT2D eigenvalue weighted by Gasteiger charge is 2.01. The maximum Gasteiger partial charge on any atom is 0.0305 e. The van der Waals surface area contributed by atoms with Gasteiger partial charge in [-0.05, 0) is 43.4 Å². The summed E-state index contributed by atoms with van der Waals surface area (Å²) in [5.41, 5.74) is 5.13. The quantitative estimate of drug-likeness (QED) is 0.650. The van der Waals surface area contributed by atoms with Crippen LogP contribution in [-0.2, 0) is 0 Å². The van der Waals surface area contributed by atoms with Crippen LogP contribution in [0.25, 0.3) is 5.57 Å². The molecule has 0 heterocycles. The van der Waals surface area contributed by atoms with E-state index in [9.17, 15) is 0 Å². The molecule has 0 atom stereocenters. The third kappa shape index (κ3) is 3.34. The molecule has 1 heteroatoms. The topological polar surface area (TPSA) is 12.4 Å². The minimum atomic E-state index is 1.02. The van der Waals surface area contributed by atoms with Crippen molar-refractivity contribution in [3.05, 3.63) is 41.6 Å². The summed E-state index contributed by atoms with van der Waals surface area (Å²) in [6.45, 7) is 8.53. The van der Waals surface area contributed by atoms with Crippen LogP contribution in [0.1, 0.15) is 44.7 Å². The highest BCUT2D eigenvalue weighted by Crippen LogP contribution is 2.21. The molecule has 1 rings (SSSR count). The smallest absolute Gasteiger partial charge is 0.0305 e. The van der Waals surface area contributed by atoms with E-state index in [1.165, 1.54) is 22.4 Å². The fourth-order valence-electron chi connectivity index (χ4n) is 1.56. The standard InChI is InChI=1S/C15H21N/c1-5-13(4)16-11-14(6-2)15-10-8-7-9-12(15)3/h7-11H,5-6H2,1-4H3/b14-11+,16-13?. The molecule has 0 N–H and O–H groups in total. The van der Waals surface area contributed by atoms with Crippen molar-refractivity contribution < 1.29 is 0 Å². The Kier molecular flexibility index (Phi) is 4.97. The van der Waals surface area contributed by atoms with Crippen LogP contribution < -0.4 is 0 Å². The van der Waals surface area contributed by atoms with Crippen LogP contribution in [0.5, 0.6) is 0 Å². The van der Waals surface area contributed by atoms with Crippen LogP contribution in [0.3, 0.4) is 0 Å². The molecule has 86 valence electrons. The summed E-state index contributed by atoms with van der Waals surface area (Å²) in [4.78, 5) is 4.49. The van der Waals surface area contributed by atoms with Gasteiger partial charge in [-0.25, -0.2) is 0 Å². The molecule has 1 aromatic carbocycles. The summed E-state index contributed by atoms with van der Waals surface area (Å²) in [5.74, 6) is 0. The summed E-state index contributed by atoms with van der Waals surface area (Å²) in [6.07, 6.45) is 4.05. The van der Waals surface area contributed by atoms with Gasteiger partial charge in [0.25, 0.3) is 0 Å². The van der Waals surface area contributed by atoms with Crippen molar-refractivity contribution in [1.82, 2.24) is 0 Å². The molecular weight excluding hydrogens is 194 g/mol. The highest BCUT2D eigenvalue weighted by molar-refractivity contribution is 5.83. The molecule has 0 saturated heterocycles. The molecule has 0 aliphatic carbocycles. The van der Waals surface area contributed by atoms with Crippen LogP contribution in [0, 0.1) is 6.92 Å². The third-order valence-electron chi connectivity index (χ3n) is 2.82. The van der Waals surface area contributed by atoms with Gasteiger partial charge in [0.1, 0.15) is 0 Å². The Balaban J connectivity index is 3.04. The molecule has 0 unspecified atom stereocenters. The first kappa shape index (κ1) is 12.7. The van der Waals surface area contributed by atoms with E-state index in [2.05, 4.69) is 57.0 Å². The Labute approximate surface area is 98.9 Å². The monoisotopic (exact) mass is 215 g/mol. The molecule has 16 heavy (non-hydrogen) atoms. The number of allylic oxidation sites excluding steroid dienone is 1. The zero-order valence-corrected chi connectivity index (χ0v) is 10.7. The van der Waals surface area contributed by atoms with E-state index in [0.29, 0.717) is 0 Å². The van der Waals surface area contributed by atoms with Gasteiger partial charge in [0.05, 0.1) is 0 Å². The molecule has 0 aliphatic heterocycles. The molecule has 0 spiro atoms. The fourth-order valence-corrected chi connectivity index (χ4v) is 1.56. The second kappa shape index (κ2) is 6.26. The highest BCUT2D eigenvalue weighted by atomic mass is 14.7. The van der Waals surface area contributed by atoms with Gasteiger partial charge in [-0.1, -0.05) is 38.1 Å². The summed E-state index contributed by atoms with van der Waals surface area (Å²) in [7, 11) is 0. The average molecular weight is 215 g/mol. The summed E-state index contributed by atoms with van der Waals surface area (Å²) in [6, 6.07) is 8.48. The Morgan fingerprint density at radius 3 is 2.44 bits per heavy atom. The van der Waals surface area contributed by atoms with Gasteiger partial charge < -0.3 is 0 Å². The lowest BCUT2D eigenvalue weighted by atomic mass is 10.00. The number of nitrogens with zero attached hydrogens (tertiary/aromatic N) is 1. The lowest BCUT2D eigenvalue weighted by Crippen LogP contribution is -1.89. The van der Waals surface area contributed by atoms with Gasteiger partial charge in [0.15, 0.2) is 0 Å². The first-order chi connectivity index (χ1) is 7.69. The molecular formula is C15H21N. The van der Waals surface area contributed by atoms with E-state index < -0.39 is 0 Å². The molecule has 0 bridgehead atoms. The Hall–Kier alpha value is -1.37. The van der Waals surface area contributed by atoms with E-state index in [-0.39, 0.29) is 0 Å². The zero-order chi connectivity index (χ0) is 12.0. The minimum absolute atomic E-state index is 1.02. The Morgan fingerprint density at radius 1 is 1.19 bits per heavy atom. The second-order valence-corrected chi connectivity index (χ2v) is 4.04. The number of aliphatic imine (C=N–C) groups is 1. The van der Waals surface area contributed by atoms with Gasteiger partial charge in [0.2, 0.25) is 0 Å². The van der Waals surface area contributed by atoms with E-state index in [0.717, 1.165) is 12.8 Å². The van der Waals surface area contributed by atoms with Crippen molar-refractivity contribution >= 4 is 11.3 Å². The average Bonchev–Trinajstić information content (AvgIpc) is 2.31. The van der Waals surface area contributed by atoms with Crippen LogP contribution in [0.2, 0.25) is 0 Å². The Morgan fingerprint density at radius 2 is 1.88 bits per heavy atom. The van der Waals surface area contributed by atoms with E-state index >= 15 is 0 Å². The zero-order valence-electron chi connectivity index (χ0n) is 10.7. The molecule has 0 fully saturated rings. The molecule has 0 saturated carbocycles. The number of rotatable bonds is 4. The summed E-state index contributed by atoms with van der Waals surface area (Å²) >= 11 is 0. The largest absolute Gasteiger partial charge is 0.266 e. The number of aryl methyl sites for hydroxylation is 1. The third-order valence-corrected chi connectivity index (χ3v) is 2.82. The lowest BCUT2D eigenvalue weighted by molar-refractivity contribution is 1.20. The molecule has 0 aromatic heterocycles. The van der Waals surface area contributed by atoms with Crippen LogP contribution in [0.15, 0.2) is 35.5 Å². The maximum absolute atomic E-state index is 4.49. The second-order valence-electron chi connectivity index (χ2n) is 4.04. The van der Waals surface area contributed by atoms with Crippen LogP contribution >= 0.6 is 0 Å². The van der Waals surface area contributed by atoms with Gasteiger partial charge in [-0.15, -0.1) is 0 Å². The van der Waals surface area contributed by atoms with Crippen molar-refractivity contribution in [3.8, 4) is 0 Å². The van der Waals surface area contributed by atoms with Crippen molar-refractivity contribution in [1.29, 1.82) is 0 Å². The molecule has 1 nitrogen and oxygen atoms in total. The number of hydrogen-bond acceptors (Lipinski definition) is 1. The molecule has 0 radical (unpaired) electrons. The van der Waals surface area contributed by atoms with Gasteiger partial charge >= 0.3 is 0 Å². The van der Waals surface area contributed by atoms with Gasteiger partial charge in [0, 0.05) is 11.9 Å². The van der Waals surface area contributed by atoms with E-state index in [1.54, 1.807) is 0 Å². The van der Waals surface area contributed by atoms with Gasteiger partial charge in [-0.3, -0.25) is 4.99 Å². The normalized spacial score (nSPS) is 13.0. The predicted molar refractivity (Wildman–Crippen MR) is 72.8 cm³/mol. The molecule has 1 aromatic rings. The first-order valence-corrected chi connectivity index (χ1v) is 5.97. The van der Waals surface area contributed by atoms with Crippen molar-refractivity contribution in [3.63, 3.8) is 0 Å². The number of benzene rings is 1. The summed E-state index contributed by atoms with van der Waals surface area (Å²) < 4.78 is 0. The Bertz CT molecular complexity index is 400. The van der Waals surface area contributed by atoms with Crippen molar-refractivity contribution in [2.45, 2.75) is 40.5 Å². The van der Waals surface area contributed by atoms with Crippen molar-refractivity contribution in [2.24, 2.45) is 4.99 Å². The molecule has 0 amide bonds. The van der Waals surface area contributed by atoms with Gasteiger partial charge in [-0.2, -0.15) is 0 Å². The fraction of sp³-hybridized carbons (Fsp3) is 0.400.